The van der Waals surface area contributed by atoms with Gasteiger partial charge < -0.3 is 0 Å². The summed E-state index contributed by atoms with van der Waals surface area (Å²) in [6.07, 6.45) is 0. The van der Waals surface area contributed by atoms with Gasteiger partial charge >= 0.3 is 139 Å². The molecule has 107 valence electrons. The molecule has 22 heavy (non-hydrogen) atoms. The first-order chi connectivity index (χ1) is 10.9. The van der Waals surface area contributed by atoms with Gasteiger partial charge in [0.15, 0.2) is 0 Å². The van der Waals surface area contributed by atoms with Gasteiger partial charge in [-0.1, -0.05) is 0 Å². The summed E-state index contributed by atoms with van der Waals surface area (Å²) in [7, 11) is 0. The van der Waals surface area contributed by atoms with Gasteiger partial charge in [0.1, 0.15) is 0 Å². The van der Waals surface area contributed by atoms with Crippen molar-refractivity contribution in [1.29, 1.82) is 0 Å². The summed E-state index contributed by atoms with van der Waals surface area (Å²) >= 11 is -1.69. The van der Waals surface area contributed by atoms with Crippen LogP contribution in [0.4, 0.5) is 0 Å². The van der Waals surface area contributed by atoms with Gasteiger partial charge in [-0.25, -0.2) is 0 Å². The Hall–Kier alpha value is -1.72. The molecule has 0 atom stereocenters. The Morgan fingerprint density at radius 2 is 0.682 bits per heavy atom. The van der Waals surface area contributed by atoms with E-state index in [1.165, 1.54) is 31.7 Å². The summed E-state index contributed by atoms with van der Waals surface area (Å²) in [6, 6.07) is 33.1. The monoisotopic (exact) mass is 337 g/mol. The molecule has 0 aliphatic rings. The van der Waals surface area contributed by atoms with Gasteiger partial charge in [-0.2, -0.15) is 0 Å². The van der Waals surface area contributed by atoms with Gasteiger partial charge in [-0.3, -0.25) is 0 Å². The van der Waals surface area contributed by atoms with Crippen molar-refractivity contribution in [3.63, 3.8) is 0 Å². The summed E-state index contributed by atoms with van der Waals surface area (Å²) in [5.41, 5.74) is 4.57. The molecule has 0 spiro atoms. The molecule has 0 unspecified atom stereocenters. The zero-order chi connectivity index (χ0) is 15.0. The van der Waals surface area contributed by atoms with E-state index in [4.69, 9.17) is 0 Å². The van der Waals surface area contributed by atoms with Gasteiger partial charge in [-0.05, 0) is 0 Å². The fraction of sp³-hybridized carbons (Fsp3) is 0.143. The van der Waals surface area contributed by atoms with Crippen LogP contribution in [0.15, 0.2) is 91.0 Å². The van der Waals surface area contributed by atoms with E-state index in [9.17, 15) is 0 Å². The molecule has 0 saturated carbocycles. The van der Waals surface area contributed by atoms with Crippen LogP contribution >= 0.6 is 0 Å². The summed E-state index contributed by atoms with van der Waals surface area (Å²) in [6.45, 7) is 0. The van der Waals surface area contributed by atoms with Crippen molar-refractivity contribution >= 4 is 0 Å². The van der Waals surface area contributed by atoms with E-state index in [1.54, 1.807) is 0 Å². The van der Waals surface area contributed by atoms with Crippen LogP contribution in [0.3, 0.4) is 0 Å². The van der Waals surface area contributed by atoms with Gasteiger partial charge in [0.25, 0.3) is 0 Å². The molecular formula is C21H21Zn. The minimum atomic E-state index is -1.69. The SMILES string of the molecule is c1ccc([CH2][Zn]([CH2]c2ccccc2)[CH2]c2ccccc2)cc1. The van der Waals surface area contributed by atoms with E-state index >= 15 is 0 Å². The third kappa shape index (κ3) is 4.65. The number of hydrogen-bond acceptors (Lipinski definition) is 0. The van der Waals surface area contributed by atoms with Crippen LogP contribution in [0, 0.1) is 0 Å². The second kappa shape index (κ2) is 8.06. The fourth-order valence-electron chi connectivity index (χ4n) is 3.42. The molecule has 0 aromatic heterocycles. The third-order valence-corrected chi connectivity index (χ3v) is 12.5. The van der Waals surface area contributed by atoms with E-state index in [0.717, 1.165) is 0 Å². The molecule has 0 bridgehead atoms. The summed E-state index contributed by atoms with van der Waals surface area (Å²) in [4.78, 5) is 0. The van der Waals surface area contributed by atoms with Crippen molar-refractivity contribution in [2.45, 2.75) is 15.0 Å². The molecule has 0 amide bonds. The average molecular weight is 339 g/mol. The van der Waals surface area contributed by atoms with Crippen molar-refractivity contribution in [3.05, 3.63) is 108 Å². The topological polar surface area (TPSA) is 0 Å². The zero-order valence-corrected chi connectivity index (χ0v) is 16.0. The van der Waals surface area contributed by atoms with Crippen LogP contribution in [0.5, 0.6) is 0 Å². The maximum absolute atomic E-state index is 2.29. The Kier molecular flexibility index (Phi) is 5.56. The number of benzene rings is 3. The van der Waals surface area contributed by atoms with Gasteiger partial charge in [0.2, 0.25) is 0 Å². The van der Waals surface area contributed by atoms with Gasteiger partial charge in [-0.15, -0.1) is 0 Å². The van der Waals surface area contributed by atoms with Gasteiger partial charge in [0.05, 0.1) is 0 Å². The molecule has 0 radical (unpaired) electrons. The molecule has 0 N–H and O–H groups in total. The Morgan fingerprint density at radius 3 is 0.955 bits per heavy atom. The molecule has 1 heteroatoms. The van der Waals surface area contributed by atoms with Crippen LogP contribution < -0.4 is 0 Å². The van der Waals surface area contributed by atoms with Crippen LogP contribution in [0.25, 0.3) is 0 Å². The standard InChI is InChI=1S/3C7H7.Zn/c3*1-7-5-3-2-4-6-7;/h3*2-6H,1H2;. The van der Waals surface area contributed by atoms with Gasteiger partial charge in [0, 0.05) is 0 Å². The van der Waals surface area contributed by atoms with Crippen LogP contribution in [0.1, 0.15) is 16.7 Å². The summed E-state index contributed by atoms with van der Waals surface area (Å²) in [5.74, 6) is 0. The van der Waals surface area contributed by atoms with Crippen LogP contribution in [0.2, 0.25) is 0 Å². The Balaban J connectivity index is 1.75. The molecule has 0 saturated heterocycles. The van der Waals surface area contributed by atoms with Crippen molar-refractivity contribution in [2.75, 3.05) is 0 Å². The van der Waals surface area contributed by atoms with E-state index < -0.39 is 16.0 Å². The predicted octanol–water partition coefficient (Wildman–Crippen LogP) is 5.21. The molecule has 0 aliphatic heterocycles. The van der Waals surface area contributed by atoms with Crippen molar-refractivity contribution in [1.82, 2.24) is 0 Å². The Morgan fingerprint density at radius 1 is 0.409 bits per heavy atom. The van der Waals surface area contributed by atoms with Crippen molar-refractivity contribution in [3.8, 4) is 0 Å². The van der Waals surface area contributed by atoms with E-state index in [-0.39, 0.29) is 0 Å². The molecule has 0 nitrogen and oxygen atoms in total. The third-order valence-electron chi connectivity index (χ3n) is 4.46. The van der Waals surface area contributed by atoms with E-state index in [2.05, 4.69) is 91.0 Å². The first-order valence-corrected chi connectivity index (χ1v) is 14.6. The normalized spacial score (nSPS) is 10.4. The molecule has 0 aliphatic carbocycles. The molecule has 3 aromatic carbocycles. The zero-order valence-electron chi connectivity index (χ0n) is 13.0. The quantitative estimate of drug-likeness (QED) is 0.541. The predicted molar refractivity (Wildman–Crippen MR) is 90.4 cm³/mol. The van der Waals surface area contributed by atoms with E-state index in [1.807, 2.05) is 0 Å². The maximum atomic E-state index is 2.29. The first kappa shape index (κ1) is 15.2. The van der Waals surface area contributed by atoms with Crippen molar-refractivity contribution < 1.29 is 16.0 Å². The molecule has 0 heterocycles. The Bertz CT molecular complexity index is 563. The van der Waals surface area contributed by atoms with Crippen LogP contribution in [-0.2, 0) is 31.0 Å². The number of rotatable bonds is 6. The minimum absolute atomic E-state index is 1.34. The number of hydrogen-bond donors (Lipinski definition) is 0. The fourth-order valence-corrected chi connectivity index (χ4v) is 11.8. The average Bonchev–Trinajstić information content (AvgIpc) is 2.57. The van der Waals surface area contributed by atoms with E-state index in [0.29, 0.717) is 0 Å². The second-order valence-electron chi connectivity index (χ2n) is 6.27. The Labute approximate surface area is 138 Å². The second-order valence-corrected chi connectivity index (χ2v) is 13.9. The molecule has 0 fully saturated rings. The summed E-state index contributed by atoms with van der Waals surface area (Å²) < 4.78 is 0. The van der Waals surface area contributed by atoms with Crippen molar-refractivity contribution in [2.24, 2.45) is 0 Å². The first-order valence-electron chi connectivity index (χ1n) is 8.29. The molecular weight excluding hydrogens is 318 g/mol. The molecule has 3 aromatic rings. The summed E-state index contributed by atoms with van der Waals surface area (Å²) in [5, 5.41) is 4.01. The molecule has 3 rings (SSSR count). The van der Waals surface area contributed by atoms with Crippen LogP contribution in [-0.4, -0.2) is 0 Å².